The Balaban J connectivity index is 2.27. The Hall–Kier alpha value is -1.58. The van der Waals surface area contributed by atoms with Gasteiger partial charge in [0.25, 0.3) is 5.69 Å². The molecule has 0 saturated carbocycles. The third-order valence-corrected chi connectivity index (χ3v) is 4.55. The predicted molar refractivity (Wildman–Crippen MR) is 77.7 cm³/mol. The van der Waals surface area contributed by atoms with Crippen molar-refractivity contribution < 1.29 is 4.92 Å². The molecular weight excluding hydrogens is 240 g/mol. The van der Waals surface area contributed by atoms with E-state index in [-0.39, 0.29) is 10.6 Å². The summed E-state index contributed by atoms with van der Waals surface area (Å²) in [5.41, 5.74) is 2.44. The van der Waals surface area contributed by atoms with Gasteiger partial charge in [-0.25, -0.2) is 0 Å². The summed E-state index contributed by atoms with van der Waals surface area (Å²) in [5.74, 6) is 0. The first kappa shape index (κ1) is 13.8. The number of anilines is 1. The molecule has 0 amide bonds. The predicted octanol–water partition coefficient (Wildman–Crippen LogP) is 3.92. The molecule has 0 radical (unpaired) electrons. The first-order valence-electron chi connectivity index (χ1n) is 6.96. The Morgan fingerprint density at radius 2 is 2.00 bits per heavy atom. The van der Waals surface area contributed by atoms with E-state index in [1.54, 1.807) is 12.1 Å². The molecular formula is C15H22N2O2. The minimum Gasteiger partial charge on any atom is -0.366 e. The second-order valence-electron chi connectivity index (χ2n) is 5.85. The number of nitrogens with zero attached hydrogens (tertiary/aromatic N) is 2. The fourth-order valence-corrected chi connectivity index (χ4v) is 2.83. The van der Waals surface area contributed by atoms with Gasteiger partial charge in [0.2, 0.25) is 0 Å². The zero-order chi connectivity index (χ0) is 14.0. The van der Waals surface area contributed by atoms with Crippen LogP contribution in [-0.4, -0.2) is 18.0 Å². The zero-order valence-electron chi connectivity index (χ0n) is 12.0. The number of nitro groups is 1. The first-order valence-corrected chi connectivity index (χ1v) is 6.96. The van der Waals surface area contributed by atoms with E-state index < -0.39 is 0 Å². The van der Waals surface area contributed by atoms with Gasteiger partial charge in [-0.3, -0.25) is 10.1 Å². The van der Waals surface area contributed by atoms with E-state index in [0.717, 1.165) is 37.2 Å². The molecule has 0 aromatic heterocycles. The summed E-state index contributed by atoms with van der Waals surface area (Å²) < 4.78 is 0. The number of hydrogen-bond donors (Lipinski definition) is 0. The van der Waals surface area contributed by atoms with Gasteiger partial charge in [0.15, 0.2) is 0 Å². The maximum absolute atomic E-state index is 11.2. The van der Waals surface area contributed by atoms with Crippen molar-refractivity contribution in [2.75, 3.05) is 18.0 Å². The quantitative estimate of drug-likeness (QED) is 0.612. The number of benzene rings is 1. The van der Waals surface area contributed by atoms with E-state index in [4.69, 9.17) is 0 Å². The minimum atomic E-state index is -0.268. The molecule has 1 aromatic rings. The van der Waals surface area contributed by atoms with Gasteiger partial charge in [-0.1, -0.05) is 32.4 Å². The first-order chi connectivity index (χ1) is 8.97. The molecule has 1 heterocycles. The summed E-state index contributed by atoms with van der Waals surface area (Å²) in [6.45, 7) is 8.32. The van der Waals surface area contributed by atoms with Gasteiger partial charge >= 0.3 is 0 Å². The molecule has 0 aliphatic carbocycles. The van der Waals surface area contributed by atoms with Crippen molar-refractivity contribution in [3.63, 3.8) is 0 Å². The van der Waals surface area contributed by atoms with Gasteiger partial charge in [-0.2, -0.15) is 0 Å². The van der Waals surface area contributed by atoms with Crippen LogP contribution in [0.1, 0.15) is 38.7 Å². The van der Waals surface area contributed by atoms with Crippen LogP contribution in [0.25, 0.3) is 0 Å². The Morgan fingerprint density at radius 3 is 2.53 bits per heavy atom. The smallest absolute Gasteiger partial charge is 0.292 e. The van der Waals surface area contributed by atoms with Gasteiger partial charge in [-0.05, 0) is 30.7 Å². The molecule has 19 heavy (non-hydrogen) atoms. The van der Waals surface area contributed by atoms with Crippen LogP contribution >= 0.6 is 0 Å². The average molecular weight is 262 g/mol. The fraction of sp³-hybridized carbons (Fsp3) is 0.600. The summed E-state index contributed by atoms with van der Waals surface area (Å²) in [4.78, 5) is 13.1. The maximum atomic E-state index is 11.2. The molecule has 1 saturated heterocycles. The van der Waals surface area contributed by atoms with Crippen molar-refractivity contribution in [3.05, 3.63) is 33.9 Å². The third-order valence-electron chi connectivity index (χ3n) is 4.55. The van der Waals surface area contributed by atoms with Gasteiger partial charge in [0.05, 0.1) is 4.92 Å². The highest BCUT2D eigenvalue weighted by Gasteiger charge is 2.31. The number of piperidine rings is 1. The normalized spacial score (nSPS) is 18.4. The van der Waals surface area contributed by atoms with Crippen molar-refractivity contribution in [2.24, 2.45) is 5.41 Å². The largest absolute Gasteiger partial charge is 0.366 e. The van der Waals surface area contributed by atoms with Crippen LogP contribution in [0.5, 0.6) is 0 Å². The third kappa shape index (κ3) is 2.72. The molecule has 1 aliphatic heterocycles. The van der Waals surface area contributed by atoms with Crippen LogP contribution in [0.4, 0.5) is 11.4 Å². The SMILES string of the molecule is CCC1(C)CCN(c2c(C)cccc2[N+](=O)[O-])CC1. The van der Waals surface area contributed by atoms with Gasteiger partial charge in [0, 0.05) is 19.2 Å². The Kier molecular flexibility index (Phi) is 3.78. The van der Waals surface area contributed by atoms with Crippen LogP contribution in [0.2, 0.25) is 0 Å². The standard InChI is InChI=1S/C15H22N2O2/c1-4-15(3)8-10-16(11-9-15)14-12(2)6-5-7-13(14)17(18)19/h5-7H,4,8-11H2,1-3H3. The Morgan fingerprint density at radius 1 is 1.37 bits per heavy atom. The summed E-state index contributed by atoms with van der Waals surface area (Å²) in [5, 5.41) is 11.2. The average Bonchev–Trinajstić information content (AvgIpc) is 2.40. The molecule has 4 nitrogen and oxygen atoms in total. The van der Waals surface area contributed by atoms with Gasteiger partial charge < -0.3 is 4.90 Å². The molecule has 0 unspecified atom stereocenters. The molecule has 0 atom stereocenters. The van der Waals surface area contributed by atoms with Gasteiger partial charge in [0.1, 0.15) is 5.69 Å². The van der Waals surface area contributed by atoms with E-state index in [0.29, 0.717) is 5.41 Å². The molecule has 1 fully saturated rings. The number of hydrogen-bond acceptors (Lipinski definition) is 3. The maximum Gasteiger partial charge on any atom is 0.292 e. The summed E-state index contributed by atoms with van der Waals surface area (Å²) in [6, 6.07) is 5.32. The second kappa shape index (κ2) is 5.19. The number of aryl methyl sites for hydroxylation is 1. The van der Waals surface area contributed by atoms with E-state index in [1.165, 1.54) is 6.42 Å². The lowest BCUT2D eigenvalue weighted by Gasteiger charge is -2.40. The number of rotatable bonds is 3. The molecule has 0 bridgehead atoms. The van der Waals surface area contributed by atoms with Crippen LogP contribution in [0, 0.1) is 22.5 Å². The van der Waals surface area contributed by atoms with Crippen LogP contribution < -0.4 is 4.90 Å². The molecule has 1 aromatic carbocycles. The minimum absolute atomic E-state index is 0.236. The van der Waals surface area contributed by atoms with Crippen molar-refractivity contribution in [1.82, 2.24) is 0 Å². The Labute approximate surface area is 114 Å². The van der Waals surface area contributed by atoms with E-state index >= 15 is 0 Å². The van der Waals surface area contributed by atoms with Gasteiger partial charge in [-0.15, -0.1) is 0 Å². The van der Waals surface area contributed by atoms with Crippen molar-refractivity contribution in [2.45, 2.75) is 40.0 Å². The lowest BCUT2D eigenvalue weighted by Crippen LogP contribution is -2.39. The second-order valence-corrected chi connectivity index (χ2v) is 5.85. The van der Waals surface area contributed by atoms with Crippen LogP contribution in [0.3, 0.4) is 0 Å². The van der Waals surface area contributed by atoms with E-state index in [1.807, 2.05) is 13.0 Å². The lowest BCUT2D eigenvalue weighted by molar-refractivity contribution is -0.384. The van der Waals surface area contributed by atoms with Crippen LogP contribution in [0.15, 0.2) is 18.2 Å². The Bertz CT molecular complexity index is 477. The van der Waals surface area contributed by atoms with E-state index in [9.17, 15) is 10.1 Å². The zero-order valence-corrected chi connectivity index (χ0v) is 12.0. The highest BCUT2D eigenvalue weighted by atomic mass is 16.6. The van der Waals surface area contributed by atoms with Crippen molar-refractivity contribution in [3.8, 4) is 0 Å². The summed E-state index contributed by atoms with van der Waals surface area (Å²) in [6.07, 6.45) is 3.39. The monoisotopic (exact) mass is 262 g/mol. The van der Waals surface area contributed by atoms with E-state index in [2.05, 4.69) is 18.7 Å². The molecule has 1 aliphatic rings. The van der Waals surface area contributed by atoms with Crippen molar-refractivity contribution in [1.29, 1.82) is 0 Å². The highest BCUT2D eigenvalue weighted by molar-refractivity contribution is 5.67. The summed E-state index contributed by atoms with van der Waals surface area (Å²) >= 11 is 0. The topological polar surface area (TPSA) is 46.4 Å². The molecule has 104 valence electrons. The fourth-order valence-electron chi connectivity index (χ4n) is 2.83. The molecule has 4 heteroatoms. The summed E-state index contributed by atoms with van der Waals surface area (Å²) in [7, 11) is 0. The van der Waals surface area contributed by atoms with Crippen LogP contribution in [-0.2, 0) is 0 Å². The van der Waals surface area contributed by atoms with Crippen molar-refractivity contribution >= 4 is 11.4 Å². The molecule has 2 rings (SSSR count). The molecule has 0 spiro atoms. The molecule has 0 N–H and O–H groups in total. The highest BCUT2D eigenvalue weighted by Crippen LogP contribution is 2.39. The number of nitro benzene ring substituents is 1. The lowest BCUT2D eigenvalue weighted by atomic mass is 9.78. The number of para-hydroxylation sites is 1.